The number of methoxy groups -OCH3 is 1. The van der Waals surface area contributed by atoms with Gasteiger partial charge in [-0.1, -0.05) is 0 Å². The molecule has 0 spiro atoms. The number of aryl methyl sites for hydroxylation is 1. The molecular weight excluding hydrogens is 260 g/mol. The van der Waals surface area contributed by atoms with Crippen molar-refractivity contribution >= 4 is 11.4 Å². The Morgan fingerprint density at radius 3 is 2.65 bits per heavy atom. The number of nitro groups is 1. The molecule has 20 heavy (non-hydrogen) atoms. The highest BCUT2D eigenvalue weighted by Crippen LogP contribution is 2.31. The zero-order chi connectivity index (χ0) is 14.7. The molecule has 1 unspecified atom stereocenters. The minimum Gasteiger partial charge on any atom is -0.496 e. The van der Waals surface area contributed by atoms with E-state index in [0.29, 0.717) is 11.4 Å². The maximum Gasteiger partial charge on any atom is 0.296 e. The molecule has 0 radical (unpaired) electrons. The lowest BCUT2D eigenvalue weighted by Gasteiger charge is -2.13. The first-order valence-corrected chi connectivity index (χ1v) is 6.16. The summed E-state index contributed by atoms with van der Waals surface area (Å²) in [5.41, 5.74) is 0.400. The lowest BCUT2D eigenvalue weighted by Crippen LogP contribution is -2.07. The summed E-state index contributed by atoms with van der Waals surface area (Å²) in [4.78, 5) is 10.7. The van der Waals surface area contributed by atoms with Crippen molar-refractivity contribution < 1.29 is 14.1 Å². The fraction of sp³-hybridized carbons (Fsp3) is 0.286. The van der Waals surface area contributed by atoms with Crippen LogP contribution in [0.3, 0.4) is 0 Å². The van der Waals surface area contributed by atoms with Crippen LogP contribution in [0.15, 0.2) is 34.7 Å². The Balaban J connectivity index is 2.26. The van der Waals surface area contributed by atoms with Gasteiger partial charge in [-0.25, -0.2) is 0 Å². The molecule has 106 valence electrons. The second-order valence-electron chi connectivity index (χ2n) is 4.45. The Kier molecular flexibility index (Phi) is 3.93. The molecule has 1 aromatic carbocycles. The van der Waals surface area contributed by atoms with Crippen molar-refractivity contribution in [3.8, 4) is 5.75 Å². The second-order valence-corrected chi connectivity index (χ2v) is 4.45. The average Bonchev–Trinajstić information content (AvgIpc) is 2.85. The third-order valence-corrected chi connectivity index (χ3v) is 2.96. The maximum absolute atomic E-state index is 11.1. The molecule has 1 aromatic heterocycles. The minimum absolute atomic E-state index is 0.0283. The zero-order valence-electron chi connectivity index (χ0n) is 11.5. The Morgan fingerprint density at radius 2 is 2.10 bits per heavy atom. The van der Waals surface area contributed by atoms with Crippen molar-refractivity contribution in [3.63, 3.8) is 0 Å². The molecule has 0 bridgehead atoms. The molecule has 0 aliphatic carbocycles. The van der Waals surface area contributed by atoms with Gasteiger partial charge in [0.2, 0.25) is 0 Å². The topological polar surface area (TPSA) is 77.5 Å². The number of furan rings is 1. The van der Waals surface area contributed by atoms with Crippen molar-refractivity contribution in [1.29, 1.82) is 0 Å². The van der Waals surface area contributed by atoms with Crippen LogP contribution >= 0.6 is 0 Å². The third-order valence-electron chi connectivity index (χ3n) is 2.96. The number of ether oxygens (including phenoxy) is 1. The van der Waals surface area contributed by atoms with Crippen molar-refractivity contribution in [1.82, 2.24) is 0 Å². The summed E-state index contributed by atoms with van der Waals surface area (Å²) in [6, 6.07) is 8.23. The first kappa shape index (κ1) is 13.9. The molecule has 6 heteroatoms. The first-order chi connectivity index (χ1) is 9.51. The molecule has 0 amide bonds. The number of anilines is 1. The van der Waals surface area contributed by atoms with Gasteiger partial charge < -0.3 is 14.5 Å². The van der Waals surface area contributed by atoms with Gasteiger partial charge in [-0.15, -0.1) is 0 Å². The van der Waals surface area contributed by atoms with Gasteiger partial charge in [-0.3, -0.25) is 10.1 Å². The quantitative estimate of drug-likeness (QED) is 0.665. The molecule has 2 rings (SSSR count). The number of hydrogen-bond acceptors (Lipinski definition) is 5. The molecule has 0 aliphatic heterocycles. The maximum atomic E-state index is 11.1. The van der Waals surface area contributed by atoms with Gasteiger partial charge in [0.15, 0.2) is 0 Å². The summed E-state index contributed by atoms with van der Waals surface area (Å²) in [7, 11) is 1.47. The Morgan fingerprint density at radius 1 is 1.35 bits per heavy atom. The van der Waals surface area contributed by atoms with Crippen molar-refractivity contribution in [2.75, 3.05) is 12.4 Å². The fourth-order valence-electron chi connectivity index (χ4n) is 1.90. The van der Waals surface area contributed by atoms with Crippen LogP contribution in [0.2, 0.25) is 0 Å². The molecule has 1 atom stereocenters. The van der Waals surface area contributed by atoms with Gasteiger partial charge in [0.05, 0.1) is 24.1 Å². The SMILES string of the molecule is COc1ccc(NC(C)c2ccc(C)o2)c([N+](=O)[O-])c1. The Bertz CT molecular complexity index is 621. The number of rotatable bonds is 5. The van der Waals surface area contributed by atoms with Crippen LogP contribution in [0.1, 0.15) is 24.5 Å². The highest BCUT2D eigenvalue weighted by molar-refractivity contribution is 5.64. The van der Waals surface area contributed by atoms with Crippen LogP contribution in [0, 0.1) is 17.0 Å². The van der Waals surface area contributed by atoms with E-state index in [4.69, 9.17) is 9.15 Å². The van der Waals surface area contributed by atoms with Crippen molar-refractivity contribution in [3.05, 3.63) is 52.0 Å². The van der Waals surface area contributed by atoms with E-state index in [9.17, 15) is 10.1 Å². The Hall–Kier alpha value is -2.50. The monoisotopic (exact) mass is 276 g/mol. The molecule has 0 fully saturated rings. The summed E-state index contributed by atoms with van der Waals surface area (Å²) in [6.07, 6.45) is 0. The molecule has 1 N–H and O–H groups in total. The molecule has 6 nitrogen and oxygen atoms in total. The van der Waals surface area contributed by atoms with Crippen LogP contribution in [0.4, 0.5) is 11.4 Å². The molecule has 0 saturated heterocycles. The fourth-order valence-corrected chi connectivity index (χ4v) is 1.90. The molecule has 1 heterocycles. The standard InChI is InChI=1S/C14H16N2O4/c1-9-4-7-14(20-9)10(2)15-12-6-5-11(19-3)8-13(12)16(17)18/h4-8,10,15H,1-3H3. The normalized spacial score (nSPS) is 11.9. The van der Waals surface area contributed by atoms with Crippen LogP contribution in [-0.2, 0) is 0 Å². The van der Waals surface area contributed by atoms with Gasteiger partial charge >= 0.3 is 0 Å². The number of nitrogens with one attached hydrogen (secondary N) is 1. The first-order valence-electron chi connectivity index (χ1n) is 6.16. The van der Waals surface area contributed by atoms with Crippen LogP contribution < -0.4 is 10.1 Å². The number of nitrogens with zero attached hydrogens (tertiary/aromatic N) is 1. The van der Waals surface area contributed by atoms with E-state index in [1.165, 1.54) is 13.2 Å². The summed E-state index contributed by atoms with van der Waals surface area (Å²) < 4.78 is 10.5. The predicted molar refractivity (Wildman–Crippen MR) is 75.1 cm³/mol. The molecular formula is C14H16N2O4. The van der Waals surface area contributed by atoms with E-state index in [0.717, 1.165) is 11.5 Å². The number of nitro benzene ring substituents is 1. The van der Waals surface area contributed by atoms with Crippen LogP contribution in [0.5, 0.6) is 5.75 Å². The van der Waals surface area contributed by atoms with Gasteiger partial charge in [0.1, 0.15) is 23.0 Å². The Labute approximate surface area is 116 Å². The largest absolute Gasteiger partial charge is 0.496 e. The van der Waals surface area contributed by atoms with E-state index < -0.39 is 4.92 Å². The van der Waals surface area contributed by atoms with Gasteiger partial charge in [0.25, 0.3) is 5.69 Å². The van der Waals surface area contributed by atoms with Gasteiger partial charge in [0, 0.05) is 0 Å². The van der Waals surface area contributed by atoms with E-state index in [2.05, 4.69) is 5.32 Å². The lowest BCUT2D eigenvalue weighted by molar-refractivity contribution is -0.384. The van der Waals surface area contributed by atoms with Gasteiger partial charge in [-0.05, 0) is 38.1 Å². The van der Waals surface area contributed by atoms with Gasteiger partial charge in [-0.2, -0.15) is 0 Å². The van der Waals surface area contributed by atoms with E-state index in [1.807, 2.05) is 26.0 Å². The highest BCUT2D eigenvalue weighted by atomic mass is 16.6. The summed E-state index contributed by atoms with van der Waals surface area (Å²) in [5, 5.41) is 14.2. The van der Waals surface area contributed by atoms with Crippen molar-refractivity contribution in [2.24, 2.45) is 0 Å². The minimum atomic E-state index is -0.440. The van der Waals surface area contributed by atoms with E-state index in [1.54, 1.807) is 12.1 Å². The van der Waals surface area contributed by atoms with Crippen molar-refractivity contribution in [2.45, 2.75) is 19.9 Å². The zero-order valence-corrected chi connectivity index (χ0v) is 11.5. The van der Waals surface area contributed by atoms with E-state index >= 15 is 0 Å². The highest BCUT2D eigenvalue weighted by Gasteiger charge is 2.18. The van der Waals surface area contributed by atoms with Crippen LogP contribution in [0.25, 0.3) is 0 Å². The molecule has 0 saturated carbocycles. The molecule has 2 aromatic rings. The average molecular weight is 276 g/mol. The summed E-state index contributed by atoms with van der Waals surface area (Å²) in [6.45, 7) is 3.73. The van der Waals surface area contributed by atoms with Crippen LogP contribution in [-0.4, -0.2) is 12.0 Å². The smallest absolute Gasteiger partial charge is 0.296 e. The number of hydrogen-bond donors (Lipinski definition) is 1. The number of benzene rings is 1. The third kappa shape index (κ3) is 2.90. The van der Waals surface area contributed by atoms with E-state index in [-0.39, 0.29) is 11.7 Å². The molecule has 0 aliphatic rings. The summed E-state index contributed by atoms with van der Waals surface area (Å²) >= 11 is 0. The predicted octanol–water partition coefficient (Wildman–Crippen LogP) is 3.68. The lowest BCUT2D eigenvalue weighted by atomic mass is 10.2. The summed E-state index contributed by atoms with van der Waals surface area (Å²) in [5.74, 6) is 1.98. The second kappa shape index (κ2) is 5.64.